The molecule has 0 saturated heterocycles. The van der Waals surface area contributed by atoms with Crippen LogP contribution in [0.5, 0.6) is 0 Å². The smallest absolute Gasteiger partial charge is 0.136 e. The molecule has 0 radical (unpaired) electrons. The molecule has 10 aromatic carbocycles. The van der Waals surface area contributed by atoms with E-state index in [-0.39, 0.29) is 0 Å². The van der Waals surface area contributed by atoms with Crippen LogP contribution in [-0.2, 0) is 0 Å². The second-order valence-electron chi connectivity index (χ2n) is 15.3. The Hall–Kier alpha value is -7.88. The van der Waals surface area contributed by atoms with E-state index in [4.69, 9.17) is 4.42 Å². The molecule has 0 saturated carbocycles. The van der Waals surface area contributed by atoms with Crippen LogP contribution < -0.4 is 4.90 Å². The minimum absolute atomic E-state index is 0.883. The highest BCUT2D eigenvalue weighted by molar-refractivity contribution is 6.17. The molecule has 0 bridgehead atoms. The lowest BCUT2D eigenvalue weighted by atomic mass is 9.95. The van der Waals surface area contributed by atoms with E-state index in [9.17, 15) is 0 Å². The Kier molecular flexibility index (Phi) is 7.54. The molecule has 276 valence electrons. The standard InChI is InChI=1S/C56H36N2O/c1-2-18-42-39(15-1)36-53(44-20-4-3-19-43(42)44)57(52-28-11-7-23-47(52)48-25-14-30-55-56(48)49-24-8-12-29-54(49)59-55)40-33-31-37(32-34-40)38-16-13-17-41(35-38)58-50-26-9-5-21-45(50)46-22-6-10-27-51(46)58/h1-36H. The summed E-state index contributed by atoms with van der Waals surface area (Å²) in [6.07, 6.45) is 0. The second-order valence-corrected chi connectivity index (χ2v) is 15.3. The summed E-state index contributed by atoms with van der Waals surface area (Å²) < 4.78 is 8.79. The van der Waals surface area contributed by atoms with Gasteiger partial charge in [-0.3, -0.25) is 0 Å². The van der Waals surface area contributed by atoms with Gasteiger partial charge in [0.1, 0.15) is 11.2 Å². The minimum Gasteiger partial charge on any atom is -0.456 e. The molecule has 0 fully saturated rings. The Morgan fingerprint density at radius 2 is 0.949 bits per heavy atom. The van der Waals surface area contributed by atoms with Gasteiger partial charge in [-0.2, -0.15) is 0 Å². The summed E-state index contributed by atoms with van der Waals surface area (Å²) in [4.78, 5) is 2.45. The third-order valence-corrected chi connectivity index (χ3v) is 12.0. The van der Waals surface area contributed by atoms with E-state index in [0.29, 0.717) is 0 Å². The average molecular weight is 753 g/mol. The number of fused-ring (bicyclic) bond motifs is 9. The normalized spacial score (nSPS) is 11.7. The zero-order valence-electron chi connectivity index (χ0n) is 32.1. The van der Waals surface area contributed by atoms with Crippen molar-refractivity contribution in [2.75, 3.05) is 4.90 Å². The molecule has 0 spiro atoms. The van der Waals surface area contributed by atoms with Crippen LogP contribution >= 0.6 is 0 Å². The number of anilines is 3. The second kappa shape index (κ2) is 13.4. The molecule has 0 atom stereocenters. The number of hydrogen-bond acceptors (Lipinski definition) is 2. The third-order valence-electron chi connectivity index (χ3n) is 12.0. The van der Waals surface area contributed by atoms with E-state index in [0.717, 1.165) is 66.9 Å². The molecular weight excluding hydrogens is 717 g/mol. The van der Waals surface area contributed by atoms with E-state index in [1.807, 2.05) is 6.07 Å². The number of furan rings is 1. The number of para-hydroxylation sites is 4. The lowest BCUT2D eigenvalue weighted by Gasteiger charge is -2.30. The van der Waals surface area contributed by atoms with Crippen LogP contribution in [0.4, 0.5) is 17.1 Å². The molecule has 2 aromatic heterocycles. The molecule has 59 heavy (non-hydrogen) atoms. The zero-order chi connectivity index (χ0) is 38.9. The predicted octanol–water partition coefficient (Wildman–Crippen LogP) is 15.8. The van der Waals surface area contributed by atoms with E-state index in [1.165, 1.54) is 43.4 Å². The molecule has 2 heterocycles. The van der Waals surface area contributed by atoms with Gasteiger partial charge in [0.25, 0.3) is 0 Å². The first-order chi connectivity index (χ1) is 29.3. The Morgan fingerprint density at radius 1 is 0.356 bits per heavy atom. The molecule has 0 N–H and O–H groups in total. The van der Waals surface area contributed by atoms with Gasteiger partial charge < -0.3 is 13.9 Å². The van der Waals surface area contributed by atoms with Crippen LogP contribution in [0, 0.1) is 0 Å². The third kappa shape index (κ3) is 5.29. The number of hydrogen-bond donors (Lipinski definition) is 0. The maximum Gasteiger partial charge on any atom is 0.136 e. The maximum absolute atomic E-state index is 6.40. The van der Waals surface area contributed by atoms with Gasteiger partial charge in [0.2, 0.25) is 0 Å². The fourth-order valence-electron chi connectivity index (χ4n) is 9.35. The summed E-state index contributed by atoms with van der Waals surface area (Å²) in [5.41, 5.74) is 13.2. The summed E-state index contributed by atoms with van der Waals surface area (Å²) in [7, 11) is 0. The molecule has 0 aliphatic heterocycles. The highest BCUT2D eigenvalue weighted by atomic mass is 16.3. The van der Waals surface area contributed by atoms with Crippen molar-refractivity contribution in [2.45, 2.75) is 0 Å². The summed E-state index contributed by atoms with van der Waals surface area (Å²) in [5, 5.41) is 9.62. The number of aromatic nitrogens is 1. The SMILES string of the molecule is c1cc(-c2ccc(N(c3ccccc3-c3cccc4oc5ccccc5c34)c3cc4ccccc4c4ccccc34)cc2)cc(-n2c3ccccc3c3ccccc32)c1. The number of benzene rings is 10. The van der Waals surface area contributed by atoms with E-state index in [1.54, 1.807) is 0 Å². The van der Waals surface area contributed by atoms with Crippen LogP contribution in [-0.4, -0.2) is 4.57 Å². The van der Waals surface area contributed by atoms with Gasteiger partial charge in [0, 0.05) is 43.9 Å². The van der Waals surface area contributed by atoms with Crippen molar-refractivity contribution in [1.29, 1.82) is 0 Å². The number of nitrogens with zero attached hydrogens (tertiary/aromatic N) is 2. The molecule has 0 aliphatic rings. The first kappa shape index (κ1) is 33.3. The monoisotopic (exact) mass is 752 g/mol. The highest BCUT2D eigenvalue weighted by Crippen LogP contribution is 2.47. The first-order valence-electron chi connectivity index (χ1n) is 20.2. The highest BCUT2D eigenvalue weighted by Gasteiger charge is 2.23. The summed E-state index contributed by atoms with van der Waals surface area (Å²) in [6.45, 7) is 0. The molecule has 3 nitrogen and oxygen atoms in total. The van der Waals surface area contributed by atoms with Crippen molar-refractivity contribution in [3.8, 4) is 27.9 Å². The van der Waals surface area contributed by atoms with Crippen LogP contribution in [0.1, 0.15) is 0 Å². The molecule has 0 unspecified atom stereocenters. The van der Waals surface area contributed by atoms with Gasteiger partial charge >= 0.3 is 0 Å². The van der Waals surface area contributed by atoms with Crippen LogP contribution in [0.15, 0.2) is 223 Å². The largest absolute Gasteiger partial charge is 0.456 e. The lowest BCUT2D eigenvalue weighted by Crippen LogP contribution is -2.12. The van der Waals surface area contributed by atoms with Gasteiger partial charge in [-0.05, 0) is 93.5 Å². The van der Waals surface area contributed by atoms with Gasteiger partial charge in [0.05, 0.1) is 22.4 Å². The van der Waals surface area contributed by atoms with Crippen molar-refractivity contribution >= 4 is 82.4 Å². The van der Waals surface area contributed by atoms with Crippen molar-refractivity contribution in [3.05, 3.63) is 218 Å². The molecule has 0 aliphatic carbocycles. The van der Waals surface area contributed by atoms with E-state index < -0.39 is 0 Å². The molecule has 3 heteroatoms. The summed E-state index contributed by atoms with van der Waals surface area (Å²) in [6, 6.07) is 78.8. The van der Waals surface area contributed by atoms with Gasteiger partial charge in [-0.1, -0.05) is 158 Å². The van der Waals surface area contributed by atoms with Crippen molar-refractivity contribution in [2.24, 2.45) is 0 Å². The first-order valence-corrected chi connectivity index (χ1v) is 20.2. The van der Waals surface area contributed by atoms with E-state index in [2.05, 4.69) is 222 Å². The van der Waals surface area contributed by atoms with Crippen LogP contribution in [0.3, 0.4) is 0 Å². The van der Waals surface area contributed by atoms with Crippen LogP contribution in [0.2, 0.25) is 0 Å². The fraction of sp³-hybridized carbons (Fsp3) is 0. The quantitative estimate of drug-likeness (QED) is 0.158. The molecule has 12 rings (SSSR count). The fourth-order valence-corrected chi connectivity index (χ4v) is 9.35. The Balaban J connectivity index is 1.05. The van der Waals surface area contributed by atoms with Crippen molar-refractivity contribution in [3.63, 3.8) is 0 Å². The average Bonchev–Trinajstić information content (AvgIpc) is 3.86. The Morgan fingerprint density at radius 3 is 1.75 bits per heavy atom. The topological polar surface area (TPSA) is 21.3 Å². The van der Waals surface area contributed by atoms with Crippen molar-refractivity contribution < 1.29 is 4.42 Å². The Labute approximate surface area is 341 Å². The number of rotatable bonds is 6. The molecular formula is C56H36N2O. The lowest BCUT2D eigenvalue weighted by molar-refractivity contribution is 0.669. The van der Waals surface area contributed by atoms with Gasteiger partial charge in [0.15, 0.2) is 0 Å². The minimum atomic E-state index is 0.883. The maximum atomic E-state index is 6.40. The molecule has 12 aromatic rings. The summed E-state index contributed by atoms with van der Waals surface area (Å²) in [5.74, 6) is 0. The summed E-state index contributed by atoms with van der Waals surface area (Å²) >= 11 is 0. The van der Waals surface area contributed by atoms with E-state index >= 15 is 0 Å². The Bertz CT molecular complexity index is 3520. The van der Waals surface area contributed by atoms with Crippen molar-refractivity contribution in [1.82, 2.24) is 4.57 Å². The van der Waals surface area contributed by atoms with Gasteiger partial charge in [-0.15, -0.1) is 0 Å². The van der Waals surface area contributed by atoms with Crippen LogP contribution in [0.25, 0.3) is 93.2 Å². The predicted molar refractivity (Wildman–Crippen MR) is 249 cm³/mol. The van der Waals surface area contributed by atoms with Gasteiger partial charge in [-0.25, -0.2) is 0 Å². The molecule has 0 amide bonds. The zero-order valence-corrected chi connectivity index (χ0v) is 32.1.